The summed E-state index contributed by atoms with van der Waals surface area (Å²) < 4.78 is 5.53. The number of halogens is 3. The van der Waals surface area contributed by atoms with Crippen LogP contribution in [-0.4, -0.2) is 27.4 Å². The SMILES string of the molecule is OB(O)c1cccc2c1sc1ccccc12.Oc1ccc(-c2cccc3c2sc2ccccc23)cc1Cl.Oc1ccc(Br)cc1Cl. The molecule has 6 aromatic carbocycles. The summed E-state index contributed by atoms with van der Waals surface area (Å²) in [4.78, 5) is 0. The Morgan fingerprint density at radius 2 is 1.07 bits per heavy atom. The first-order valence-electron chi connectivity index (χ1n) is 14.0. The quantitative estimate of drug-likeness (QED) is 0.133. The minimum atomic E-state index is -1.41. The highest BCUT2D eigenvalue weighted by Gasteiger charge is 2.17. The Bertz CT molecular complexity index is 2340. The number of hydrogen-bond donors (Lipinski definition) is 4. The van der Waals surface area contributed by atoms with Gasteiger partial charge in [-0.2, -0.15) is 0 Å². The molecule has 46 heavy (non-hydrogen) atoms. The minimum Gasteiger partial charge on any atom is -0.506 e. The second-order valence-corrected chi connectivity index (χ2v) is 14.1. The summed E-state index contributed by atoms with van der Waals surface area (Å²) >= 11 is 18.2. The molecule has 0 saturated carbocycles. The molecule has 0 fully saturated rings. The lowest BCUT2D eigenvalue weighted by Crippen LogP contribution is -2.29. The number of hydrogen-bond acceptors (Lipinski definition) is 6. The highest BCUT2D eigenvalue weighted by Crippen LogP contribution is 2.41. The predicted molar refractivity (Wildman–Crippen MR) is 201 cm³/mol. The van der Waals surface area contributed by atoms with Crippen molar-refractivity contribution in [3.8, 4) is 22.6 Å². The molecule has 2 heterocycles. The molecule has 0 atom stereocenters. The number of rotatable bonds is 2. The number of fused-ring (bicyclic) bond motifs is 6. The summed E-state index contributed by atoms with van der Waals surface area (Å²) in [5, 5.41) is 42.6. The van der Waals surface area contributed by atoms with Crippen LogP contribution < -0.4 is 5.46 Å². The fourth-order valence-electron chi connectivity index (χ4n) is 5.10. The van der Waals surface area contributed by atoms with E-state index >= 15 is 0 Å². The number of aromatic hydroxyl groups is 2. The van der Waals surface area contributed by atoms with E-state index in [1.807, 2.05) is 42.5 Å². The van der Waals surface area contributed by atoms with Gasteiger partial charge in [-0.3, -0.25) is 0 Å². The highest BCUT2D eigenvalue weighted by atomic mass is 79.9. The summed E-state index contributed by atoms with van der Waals surface area (Å²) in [6, 6.07) is 38.7. The van der Waals surface area contributed by atoms with Gasteiger partial charge in [0.25, 0.3) is 0 Å². The number of benzene rings is 6. The smallest absolute Gasteiger partial charge is 0.489 e. The maximum atomic E-state index is 9.59. The average Bonchev–Trinajstić information content (AvgIpc) is 3.63. The molecule has 0 aliphatic rings. The molecular formula is C36H24BBrCl2O4S2. The van der Waals surface area contributed by atoms with Crippen molar-refractivity contribution < 1.29 is 20.3 Å². The van der Waals surface area contributed by atoms with Gasteiger partial charge in [0.1, 0.15) is 11.5 Å². The topological polar surface area (TPSA) is 80.9 Å². The molecule has 4 N–H and O–H groups in total. The highest BCUT2D eigenvalue weighted by molar-refractivity contribution is 9.10. The van der Waals surface area contributed by atoms with Gasteiger partial charge in [-0.1, -0.05) is 118 Å². The van der Waals surface area contributed by atoms with Gasteiger partial charge in [-0.05, 0) is 64.4 Å². The van der Waals surface area contributed by atoms with Crippen LogP contribution in [0.15, 0.2) is 126 Å². The number of phenols is 2. The molecule has 8 rings (SSSR count). The van der Waals surface area contributed by atoms with E-state index in [1.54, 1.807) is 46.9 Å². The Hall–Kier alpha value is -3.60. The monoisotopic (exact) mass is 744 g/mol. The van der Waals surface area contributed by atoms with Crippen LogP contribution in [0.3, 0.4) is 0 Å². The fourth-order valence-corrected chi connectivity index (χ4v) is 8.43. The van der Waals surface area contributed by atoms with Crippen molar-refractivity contribution in [3.05, 3.63) is 136 Å². The van der Waals surface area contributed by atoms with Crippen molar-refractivity contribution in [1.29, 1.82) is 0 Å². The predicted octanol–water partition coefficient (Wildman–Crippen LogP) is 10.6. The molecule has 2 aromatic heterocycles. The van der Waals surface area contributed by atoms with E-state index in [9.17, 15) is 15.2 Å². The van der Waals surface area contributed by atoms with Crippen LogP contribution in [0, 0.1) is 0 Å². The third kappa shape index (κ3) is 6.75. The van der Waals surface area contributed by atoms with Crippen LogP contribution >= 0.6 is 61.8 Å². The van der Waals surface area contributed by atoms with Crippen LogP contribution in [0.2, 0.25) is 10.0 Å². The molecule has 0 bridgehead atoms. The number of thiophene rings is 2. The number of phenolic OH excluding ortho intramolecular Hbond substituents is 2. The summed E-state index contributed by atoms with van der Waals surface area (Å²) in [6.45, 7) is 0. The largest absolute Gasteiger partial charge is 0.506 e. The molecule has 0 amide bonds. The van der Waals surface area contributed by atoms with Gasteiger partial charge < -0.3 is 20.3 Å². The van der Waals surface area contributed by atoms with Crippen molar-refractivity contribution in [2.45, 2.75) is 0 Å². The summed E-state index contributed by atoms with van der Waals surface area (Å²) in [5.41, 5.74) is 2.75. The van der Waals surface area contributed by atoms with Crippen LogP contribution in [0.4, 0.5) is 0 Å². The zero-order valence-electron chi connectivity index (χ0n) is 23.9. The van der Waals surface area contributed by atoms with Gasteiger partial charge in [-0.15, -0.1) is 22.7 Å². The normalized spacial score (nSPS) is 10.9. The fraction of sp³-hybridized carbons (Fsp3) is 0. The second kappa shape index (κ2) is 14.0. The Kier molecular flexibility index (Phi) is 9.87. The zero-order valence-corrected chi connectivity index (χ0v) is 28.6. The van der Waals surface area contributed by atoms with Crippen molar-refractivity contribution in [2.75, 3.05) is 0 Å². The van der Waals surface area contributed by atoms with Crippen LogP contribution in [0.5, 0.6) is 11.5 Å². The summed E-state index contributed by atoms with van der Waals surface area (Å²) in [5.74, 6) is 0.226. The van der Waals surface area contributed by atoms with E-state index in [0.717, 1.165) is 25.7 Å². The van der Waals surface area contributed by atoms with Gasteiger partial charge in [0.2, 0.25) is 0 Å². The van der Waals surface area contributed by atoms with Gasteiger partial charge in [0.05, 0.1) is 10.0 Å². The molecule has 0 spiro atoms. The molecule has 8 aromatic rings. The summed E-state index contributed by atoms with van der Waals surface area (Å²) in [7, 11) is -1.41. The van der Waals surface area contributed by atoms with E-state index in [1.165, 1.54) is 36.3 Å². The van der Waals surface area contributed by atoms with Crippen LogP contribution in [0.25, 0.3) is 51.5 Å². The van der Waals surface area contributed by atoms with E-state index in [0.29, 0.717) is 15.5 Å². The maximum Gasteiger partial charge on any atom is 0.489 e. The zero-order chi connectivity index (χ0) is 32.4. The van der Waals surface area contributed by atoms with Gasteiger partial charge in [0, 0.05) is 39.4 Å². The molecule has 4 nitrogen and oxygen atoms in total. The Morgan fingerprint density at radius 1 is 0.543 bits per heavy atom. The molecule has 10 heteroatoms. The minimum absolute atomic E-state index is 0.111. The van der Waals surface area contributed by atoms with E-state index < -0.39 is 7.12 Å². The first-order valence-corrected chi connectivity index (χ1v) is 17.2. The van der Waals surface area contributed by atoms with Gasteiger partial charge >= 0.3 is 7.12 Å². The molecule has 0 unspecified atom stereocenters. The van der Waals surface area contributed by atoms with E-state index in [2.05, 4.69) is 64.5 Å². The second-order valence-electron chi connectivity index (χ2n) is 10.2. The first-order chi connectivity index (χ1) is 22.2. The molecule has 228 valence electrons. The van der Waals surface area contributed by atoms with Gasteiger partial charge in [-0.25, -0.2) is 0 Å². The summed E-state index contributed by atoms with van der Waals surface area (Å²) in [6.07, 6.45) is 0. The first kappa shape index (κ1) is 32.3. The van der Waals surface area contributed by atoms with E-state index in [-0.39, 0.29) is 11.5 Å². The van der Waals surface area contributed by atoms with Crippen molar-refractivity contribution >= 4 is 115 Å². The molecule has 0 aliphatic carbocycles. The van der Waals surface area contributed by atoms with E-state index in [4.69, 9.17) is 28.3 Å². The lowest BCUT2D eigenvalue weighted by Gasteiger charge is -2.05. The van der Waals surface area contributed by atoms with Crippen LogP contribution in [-0.2, 0) is 0 Å². The lowest BCUT2D eigenvalue weighted by atomic mass is 9.80. The maximum absolute atomic E-state index is 9.59. The molecule has 0 saturated heterocycles. The third-order valence-corrected chi connectivity index (χ3v) is 10.8. The average molecular weight is 746 g/mol. The Morgan fingerprint density at radius 3 is 1.65 bits per heavy atom. The van der Waals surface area contributed by atoms with Crippen molar-refractivity contribution in [2.24, 2.45) is 0 Å². The van der Waals surface area contributed by atoms with Crippen molar-refractivity contribution in [1.82, 2.24) is 0 Å². The molecule has 0 radical (unpaired) electrons. The van der Waals surface area contributed by atoms with Crippen LogP contribution in [0.1, 0.15) is 0 Å². The molecular weight excluding hydrogens is 722 g/mol. The van der Waals surface area contributed by atoms with Gasteiger partial charge in [0.15, 0.2) is 0 Å². The molecule has 0 aliphatic heterocycles. The van der Waals surface area contributed by atoms with Crippen molar-refractivity contribution in [3.63, 3.8) is 0 Å². The standard InChI is InChI=1S/C18H11ClOS.C12H9BO2S.C6H4BrClO/c19-15-10-11(8-9-16(15)20)12-5-3-6-14-13-4-1-2-7-17(13)21-18(12)14;14-13(15)10-6-3-5-9-8-4-1-2-7-11(8)16-12(9)10;7-4-1-2-6(9)5(8)3-4/h1-10,20H;1-7,14-15H;1-3,9H. The Balaban J connectivity index is 0.000000131. The third-order valence-electron chi connectivity index (χ3n) is 7.29. The lowest BCUT2D eigenvalue weighted by molar-refractivity contribution is 0.426. The Labute approximate surface area is 291 Å².